The number of hydrogen-bond acceptors (Lipinski definition) is 2. The summed E-state index contributed by atoms with van der Waals surface area (Å²) in [5, 5.41) is 12.7. The van der Waals surface area contributed by atoms with Crippen molar-refractivity contribution in [1.29, 1.82) is 0 Å². The molecule has 0 saturated heterocycles. The first kappa shape index (κ1) is 9.07. The predicted octanol–water partition coefficient (Wildman–Crippen LogP) is 1.98. The molecule has 1 atom stereocenters. The van der Waals surface area contributed by atoms with Gasteiger partial charge in [-0.3, -0.25) is 0 Å². The van der Waals surface area contributed by atoms with Gasteiger partial charge in [0.05, 0.1) is 0 Å². The van der Waals surface area contributed by atoms with Crippen LogP contribution in [-0.2, 0) is 0 Å². The summed E-state index contributed by atoms with van der Waals surface area (Å²) in [7, 11) is 1.89. The smallest absolute Gasteiger partial charge is 0.120 e. The van der Waals surface area contributed by atoms with Crippen LogP contribution in [0.3, 0.4) is 0 Å². The van der Waals surface area contributed by atoms with Crippen molar-refractivity contribution in [2.75, 3.05) is 7.05 Å². The van der Waals surface area contributed by atoms with Crippen LogP contribution in [0.1, 0.15) is 24.1 Å². The maximum Gasteiger partial charge on any atom is 0.120 e. The SMILES string of the molecule is CNC(C)c1c(C)cccc1O. The summed E-state index contributed by atoms with van der Waals surface area (Å²) >= 11 is 0. The fourth-order valence-corrected chi connectivity index (χ4v) is 1.37. The third-order valence-electron chi connectivity index (χ3n) is 2.17. The van der Waals surface area contributed by atoms with Gasteiger partial charge in [0.1, 0.15) is 5.75 Å². The van der Waals surface area contributed by atoms with Gasteiger partial charge in [-0.25, -0.2) is 0 Å². The molecule has 0 aliphatic rings. The normalized spacial score (nSPS) is 12.9. The van der Waals surface area contributed by atoms with Crippen LogP contribution in [0.5, 0.6) is 5.75 Å². The number of nitrogens with one attached hydrogen (secondary N) is 1. The number of phenols is 1. The Kier molecular flexibility index (Phi) is 2.71. The largest absolute Gasteiger partial charge is 0.508 e. The Bertz CT molecular complexity index is 250. The first-order valence-corrected chi connectivity index (χ1v) is 4.12. The lowest BCUT2D eigenvalue weighted by Crippen LogP contribution is -2.13. The number of aryl methyl sites for hydroxylation is 1. The Morgan fingerprint density at radius 3 is 2.58 bits per heavy atom. The van der Waals surface area contributed by atoms with Crippen LogP contribution in [0.15, 0.2) is 18.2 Å². The molecule has 0 aliphatic carbocycles. The van der Waals surface area contributed by atoms with E-state index in [2.05, 4.69) is 5.32 Å². The summed E-state index contributed by atoms with van der Waals surface area (Å²) in [5.41, 5.74) is 2.11. The van der Waals surface area contributed by atoms with E-state index < -0.39 is 0 Å². The summed E-state index contributed by atoms with van der Waals surface area (Å²) in [4.78, 5) is 0. The zero-order valence-corrected chi connectivity index (χ0v) is 7.76. The van der Waals surface area contributed by atoms with E-state index in [4.69, 9.17) is 0 Å². The molecule has 1 aromatic rings. The minimum absolute atomic E-state index is 0.200. The Hall–Kier alpha value is -1.02. The highest BCUT2D eigenvalue weighted by Gasteiger charge is 2.09. The molecule has 2 heteroatoms. The molecule has 0 radical (unpaired) electrons. The van der Waals surface area contributed by atoms with E-state index in [1.165, 1.54) is 0 Å². The van der Waals surface area contributed by atoms with Gasteiger partial charge in [-0.1, -0.05) is 12.1 Å². The Labute approximate surface area is 73.2 Å². The monoisotopic (exact) mass is 165 g/mol. The molecule has 0 fully saturated rings. The van der Waals surface area contributed by atoms with Crippen molar-refractivity contribution in [2.24, 2.45) is 0 Å². The van der Waals surface area contributed by atoms with Gasteiger partial charge in [-0.05, 0) is 32.5 Å². The summed E-state index contributed by atoms with van der Waals surface area (Å²) in [5.74, 6) is 0.372. The van der Waals surface area contributed by atoms with E-state index in [0.717, 1.165) is 11.1 Å². The lowest BCUT2D eigenvalue weighted by molar-refractivity contribution is 0.457. The topological polar surface area (TPSA) is 32.3 Å². The van der Waals surface area contributed by atoms with Crippen LogP contribution in [0, 0.1) is 6.92 Å². The molecule has 1 unspecified atom stereocenters. The summed E-state index contributed by atoms with van der Waals surface area (Å²) < 4.78 is 0. The van der Waals surface area contributed by atoms with Gasteiger partial charge >= 0.3 is 0 Å². The molecule has 12 heavy (non-hydrogen) atoms. The highest BCUT2D eigenvalue weighted by molar-refractivity contribution is 5.40. The van der Waals surface area contributed by atoms with Crippen LogP contribution in [0.2, 0.25) is 0 Å². The van der Waals surface area contributed by atoms with Crippen molar-refractivity contribution in [2.45, 2.75) is 19.9 Å². The average Bonchev–Trinajstić information content (AvgIpc) is 2.03. The van der Waals surface area contributed by atoms with Gasteiger partial charge in [0.25, 0.3) is 0 Å². The second kappa shape index (κ2) is 3.59. The Balaban J connectivity index is 3.12. The molecule has 1 rings (SSSR count). The minimum atomic E-state index is 0.200. The molecular formula is C10H15NO. The van der Waals surface area contributed by atoms with Crippen LogP contribution < -0.4 is 5.32 Å². The Morgan fingerprint density at radius 2 is 2.08 bits per heavy atom. The van der Waals surface area contributed by atoms with Crippen LogP contribution in [0.25, 0.3) is 0 Å². The number of aromatic hydroxyl groups is 1. The maximum absolute atomic E-state index is 9.55. The predicted molar refractivity (Wildman–Crippen MR) is 50.3 cm³/mol. The molecule has 0 amide bonds. The molecule has 1 aromatic carbocycles. The number of rotatable bonds is 2. The first-order valence-electron chi connectivity index (χ1n) is 4.12. The second-order valence-corrected chi connectivity index (χ2v) is 3.02. The van der Waals surface area contributed by atoms with Gasteiger partial charge < -0.3 is 10.4 Å². The van der Waals surface area contributed by atoms with E-state index in [-0.39, 0.29) is 6.04 Å². The molecule has 0 heterocycles. The first-order chi connectivity index (χ1) is 5.66. The van der Waals surface area contributed by atoms with Crippen molar-refractivity contribution in [3.8, 4) is 5.75 Å². The molecule has 0 saturated carbocycles. The lowest BCUT2D eigenvalue weighted by Gasteiger charge is -2.14. The van der Waals surface area contributed by atoms with Gasteiger partial charge in [-0.15, -0.1) is 0 Å². The highest BCUT2D eigenvalue weighted by Crippen LogP contribution is 2.26. The minimum Gasteiger partial charge on any atom is -0.508 e. The fourth-order valence-electron chi connectivity index (χ4n) is 1.37. The molecule has 2 N–H and O–H groups in total. The molecule has 2 nitrogen and oxygen atoms in total. The van der Waals surface area contributed by atoms with Crippen LogP contribution >= 0.6 is 0 Å². The van der Waals surface area contributed by atoms with Crippen molar-refractivity contribution < 1.29 is 5.11 Å². The van der Waals surface area contributed by atoms with Crippen LogP contribution in [-0.4, -0.2) is 12.2 Å². The lowest BCUT2D eigenvalue weighted by atomic mass is 10.0. The van der Waals surface area contributed by atoms with Crippen molar-refractivity contribution >= 4 is 0 Å². The summed E-state index contributed by atoms with van der Waals surface area (Å²) in [6, 6.07) is 5.78. The molecule has 0 aliphatic heterocycles. The third-order valence-corrected chi connectivity index (χ3v) is 2.17. The highest BCUT2D eigenvalue weighted by atomic mass is 16.3. The molecular weight excluding hydrogens is 150 g/mol. The van der Waals surface area contributed by atoms with E-state index in [1.54, 1.807) is 6.07 Å². The average molecular weight is 165 g/mol. The third kappa shape index (κ3) is 1.59. The van der Waals surface area contributed by atoms with E-state index in [0.29, 0.717) is 5.75 Å². The van der Waals surface area contributed by atoms with E-state index >= 15 is 0 Å². The summed E-state index contributed by atoms with van der Waals surface area (Å²) in [6.07, 6.45) is 0. The number of benzene rings is 1. The molecule has 0 aromatic heterocycles. The zero-order chi connectivity index (χ0) is 9.14. The van der Waals surface area contributed by atoms with Gasteiger partial charge in [0.2, 0.25) is 0 Å². The maximum atomic E-state index is 9.55. The number of phenolic OH excluding ortho intramolecular Hbond substituents is 1. The quantitative estimate of drug-likeness (QED) is 0.702. The van der Waals surface area contributed by atoms with Crippen LogP contribution in [0.4, 0.5) is 0 Å². The molecule has 0 bridgehead atoms. The van der Waals surface area contributed by atoms with Crippen molar-refractivity contribution in [3.63, 3.8) is 0 Å². The van der Waals surface area contributed by atoms with Gasteiger partial charge in [0, 0.05) is 11.6 Å². The van der Waals surface area contributed by atoms with Gasteiger partial charge in [-0.2, -0.15) is 0 Å². The Morgan fingerprint density at radius 1 is 1.42 bits per heavy atom. The second-order valence-electron chi connectivity index (χ2n) is 3.02. The zero-order valence-electron chi connectivity index (χ0n) is 7.76. The van der Waals surface area contributed by atoms with Crippen molar-refractivity contribution in [1.82, 2.24) is 5.32 Å². The van der Waals surface area contributed by atoms with E-state index in [1.807, 2.05) is 33.0 Å². The van der Waals surface area contributed by atoms with E-state index in [9.17, 15) is 5.11 Å². The molecule has 66 valence electrons. The van der Waals surface area contributed by atoms with Gasteiger partial charge in [0.15, 0.2) is 0 Å². The molecule has 0 spiro atoms. The number of hydrogen-bond donors (Lipinski definition) is 2. The fraction of sp³-hybridized carbons (Fsp3) is 0.400. The standard InChI is InChI=1S/C10H15NO/c1-7-5-4-6-9(12)10(7)8(2)11-3/h4-6,8,11-12H,1-3H3. The summed E-state index contributed by atoms with van der Waals surface area (Å²) in [6.45, 7) is 4.03. The van der Waals surface area contributed by atoms with Crippen molar-refractivity contribution in [3.05, 3.63) is 29.3 Å².